The van der Waals surface area contributed by atoms with Crippen molar-refractivity contribution < 1.29 is 23.9 Å². The van der Waals surface area contributed by atoms with Crippen LogP contribution in [0.25, 0.3) is 21.6 Å². The van der Waals surface area contributed by atoms with Crippen molar-refractivity contribution in [2.24, 2.45) is 0 Å². The maximum Gasteiger partial charge on any atom is 0.328 e. The van der Waals surface area contributed by atoms with E-state index in [1.54, 1.807) is 25.2 Å². The lowest BCUT2D eigenvalue weighted by Gasteiger charge is -2.17. The van der Waals surface area contributed by atoms with E-state index in [2.05, 4.69) is 10.6 Å². The Kier molecular flexibility index (Phi) is 9.58. The van der Waals surface area contributed by atoms with Crippen LogP contribution in [0.4, 0.5) is 11.5 Å². The molecule has 0 fully saturated rings. The number of aromatic nitrogens is 2. The zero-order valence-corrected chi connectivity index (χ0v) is 22.6. The van der Waals surface area contributed by atoms with Crippen LogP contribution in [0.2, 0.25) is 0 Å². The summed E-state index contributed by atoms with van der Waals surface area (Å²) < 4.78 is 9.98. The lowest BCUT2D eigenvalue weighted by molar-refractivity contribution is -0.148. The average Bonchev–Trinajstić information content (AvgIpc) is 3.47. The van der Waals surface area contributed by atoms with E-state index in [1.165, 1.54) is 0 Å². The number of hydrogen-bond acceptors (Lipinski definition) is 9. The topological polar surface area (TPSA) is 120 Å². The number of nitrogens with one attached hydrogen (secondary N) is 2. The third kappa shape index (κ3) is 7.61. The van der Waals surface area contributed by atoms with Crippen molar-refractivity contribution in [2.75, 3.05) is 18.5 Å². The second kappa shape index (κ2) is 13.5. The van der Waals surface area contributed by atoms with Gasteiger partial charge in [-0.1, -0.05) is 30.3 Å². The van der Waals surface area contributed by atoms with E-state index in [9.17, 15) is 14.4 Å². The molecule has 10 heteroatoms. The summed E-state index contributed by atoms with van der Waals surface area (Å²) in [5, 5.41) is 8.05. The Labute approximate surface area is 230 Å². The van der Waals surface area contributed by atoms with Crippen LogP contribution in [-0.4, -0.2) is 47.1 Å². The normalized spacial score (nSPS) is 11.5. The number of para-hydroxylation sites is 2. The second-order valence-corrected chi connectivity index (χ2v) is 9.55. The molecular formula is C29H30N4O5S. The molecule has 1 atom stereocenters. The number of carbonyl (C=O) groups is 3. The Morgan fingerprint density at radius 2 is 1.62 bits per heavy atom. The molecule has 4 rings (SSSR count). The third-order valence-corrected chi connectivity index (χ3v) is 6.63. The number of anilines is 2. The van der Waals surface area contributed by atoms with Crippen molar-refractivity contribution in [1.82, 2.24) is 15.3 Å². The Bertz CT molecular complexity index is 1420. The molecule has 2 aromatic carbocycles. The third-order valence-electron chi connectivity index (χ3n) is 5.76. The van der Waals surface area contributed by atoms with Crippen LogP contribution in [0, 0.1) is 0 Å². The van der Waals surface area contributed by atoms with Crippen LogP contribution >= 0.6 is 11.3 Å². The van der Waals surface area contributed by atoms with Gasteiger partial charge >= 0.3 is 11.9 Å². The van der Waals surface area contributed by atoms with Crippen molar-refractivity contribution in [1.29, 1.82) is 0 Å². The molecule has 0 spiro atoms. The van der Waals surface area contributed by atoms with Crippen molar-refractivity contribution in [2.45, 2.75) is 39.2 Å². The van der Waals surface area contributed by atoms with Crippen molar-refractivity contribution in [3.8, 4) is 10.6 Å². The summed E-state index contributed by atoms with van der Waals surface area (Å²) in [5.74, 6) is -0.714. The van der Waals surface area contributed by atoms with Crippen LogP contribution in [-0.2, 0) is 30.3 Å². The van der Waals surface area contributed by atoms with E-state index < -0.39 is 18.0 Å². The summed E-state index contributed by atoms with van der Waals surface area (Å²) in [5.41, 5.74) is 3.92. The Morgan fingerprint density at radius 3 is 2.28 bits per heavy atom. The monoisotopic (exact) mass is 546 g/mol. The predicted octanol–water partition coefficient (Wildman–Crippen LogP) is 5.04. The highest BCUT2D eigenvalue weighted by Gasteiger charge is 2.23. The van der Waals surface area contributed by atoms with Gasteiger partial charge in [-0.05, 0) is 61.5 Å². The van der Waals surface area contributed by atoms with E-state index in [0.717, 1.165) is 32.9 Å². The molecule has 2 heterocycles. The first-order valence-electron chi connectivity index (χ1n) is 12.7. The fourth-order valence-corrected chi connectivity index (χ4v) is 4.65. The van der Waals surface area contributed by atoms with Gasteiger partial charge in [0.25, 0.3) is 0 Å². The van der Waals surface area contributed by atoms with Crippen molar-refractivity contribution in [3.05, 3.63) is 71.6 Å². The standard InChI is InChI=1S/C29H30N4O5S/c1-3-37-26(35)16-15-23(29(36)38-4-2)31-25(34)18-19-11-13-20(14-12-19)30-28-27(24-10-7-17-39-24)32-21-8-5-6-9-22(21)33-28/h5-14,17,23H,3-4,15-16,18H2,1-2H3,(H,30,33)(H,31,34). The van der Waals surface area contributed by atoms with Gasteiger partial charge in [0.05, 0.1) is 35.5 Å². The highest BCUT2D eigenvalue weighted by Crippen LogP contribution is 2.32. The van der Waals surface area contributed by atoms with Gasteiger partial charge in [-0.3, -0.25) is 9.59 Å². The zero-order chi connectivity index (χ0) is 27.6. The lowest BCUT2D eigenvalue weighted by atomic mass is 10.1. The van der Waals surface area contributed by atoms with Crippen LogP contribution in [0.1, 0.15) is 32.3 Å². The van der Waals surface area contributed by atoms with E-state index in [-0.39, 0.29) is 38.4 Å². The maximum atomic E-state index is 12.7. The number of benzene rings is 2. The highest BCUT2D eigenvalue weighted by atomic mass is 32.1. The Morgan fingerprint density at radius 1 is 0.897 bits per heavy atom. The van der Waals surface area contributed by atoms with Gasteiger partial charge in [0.15, 0.2) is 5.82 Å². The number of esters is 2. The van der Waals surface area contributed by atoms with Crippen LogP contribution in [0.5, 0.6) is 0 Å². The smallest absolute Gasteiger partial charge is 0.328 e. The van der Waals surface area contributed by atoms with Crippen LogP contribution < -0.4 is 10.6 Å². The molecule has 0 aliphatic heterocycles. The molecule has 0 saturated carbocycles. The minimum atomic E-state index is -0.926. The Hall–Kier alpha value is -4.31. The number of thiophene rings is 1. The van der Waals surface area contributed by atoms with E-state index in [4.69, 9.17) is 19.4 Å². The predicted molar refractivity (Wildman–Crippen MR) is 151 cm³/mol. The van der Waals surface area contributed by atoms with Gasteiger partial charge in [0, 0.05) is 12.1 Å². The van der Waals surface area contributed by atoms with Crippen LogP contribution in [0.15, 0.2) is 66.0 Å². The molecule has 0 aliphatic carbocycles. The minimum absolute atomic E-state index is 0.00307. The Balaban J connectivity index is 1.43. The molecule has 0 bridgehead atoms. The summed E-state index contributed by atoms with van der Waals surface area (Å²) in [6.45, 7) is 3.82. The highest BCUT2D eigenvalue weighted by molar-refractivity contribution is 7.13. The summed E-state index contributed by atoms with van der Waals surface area (Å²) in [6.07, 6.45) is 0.167. The summed E-state index contributed by atoms with van der Waals surface area (Å²) >= 11 is 1.59. The zero-order valence-electron chi connectivity index (χ0n) is 21.8. The molecule has 202 valence electrons. The quantitative estimate of drug-likeness (QED) is 0.237. The van der Waals surface area contributed by atoms with E-state index >= 15 is 0 Å². The van der Waals surface area contributed by atoms with E-state index in [1.807, 2.05) is 66.0 Å². The molecule has 0 aliphatic rings. The summed E-state index contributed by atoms with van der Waals surface area (Å²) in [7, 11) is 0. The fourth-order valence-electron chi connectivity index (χ4n) is 3.93. The first-order valence-corrected chi connectivity index (χ1v) is 13.6. The second-order valence-electron chi connectivity index (χ2n) is 8.60. The number of ether oxygens (including phenoxy) is 2. The van der Waals surface area contributed by atoms with Gasteiger partial charge in [-0.25, -0.2) is 14.8 Å². The molecule has 0 radical (unpaired) electrons. The maximum absolute atomic E-state index is 12.7. The molecule has 2 aromatic heterocycles. The number of carbonyl (C=O) groups excluding carboxylic acids is 3. The molecule has 39 heavy (non-hydrogen) atoms. The molecule has 0 saturated heterocycles. The first kappa shape index (κ1) is 27.7. The largest absolute Gasteiger partial charge is 0.466 e. The van der Waals surface area contributed by atoms with Crippen molar-refractivity contribution in [3.63, 3.8) is 0 Å². The molecule has 1 unspecified atom stereocenters. The van der Waals surface area contributed by atoms with Gasteiger partial charge in [-0.2, -0.15) is 0 Å². The van der Waals surface area contributed by atoms with Gasteiger partial charge < -0.3 is 20.1 Å². The minimum Gasteiger partial charge on any atom is -0.466 e. The molecule has 4 aromatic rings. The van der Waals surface area contributed by atoms with Gasteiger partial charge in [-0.15, -0.1) is 11.3 Å². The SMILES string of the molecule is CCOC(=O)CCC(NC(=O)Cc1ccc(Nc2nc3ccccc3nc2-c2cccs2)cc1)C(=O)OCC. The number of amides is 1. The lowest BCUT2D eigenvalue weighted by Crippen LogP contribution is -2.43. The number of hydrogen-bond donors (Lipinski definition) is 2. The molecular weight excluding hydrogens is 516 g/mol. The van der Waals surface area contributed by atoms with E-state index in [0.29, 0.717) is 5.82 Å². The van der Waals surface area contributed by atoms with Gasteiger partial charge in [0.2, 0.25) is 5.91 Å². The molecule has 9 nitrogen and oxygen atoms in total. The van der Waals surface area contributed by atoms with Crippen molar-refractivity contribution >= 4 is 51.7 Å². The summed E-state index contributed by atoms with van der Waals surface area (Å²) in [6, 6.07) is 18.2. The number of rotatable bonds is 12. The average molecular weight is 547 g/mol. The number of fused-ring (bicyclic) bond motifs is 1. The molecule has 1 amide bonds. The fraction of sp³-hybridized carbons (Fsp3) is 0.276. The van der Waals surface area contributed by atoms with Crippen LogP contribution in [0.3, 0.4) is 0 Å². The number of nitrogens with zero attached hydrogens (tertiary/aromatic N) is 2. The first-order chi connectivity index (χ1) is 19.0. The van der Waals surface area contributed by atoms with Gasteiger partial charge in [0.1, 0.15) is 11.7 Å². The molecule has 2 N–H and O–H groups in total. The summed E-state index contributed by atoms with van der Waals surface area (Å²) in [4.78, 5) is 47.4.